The zero-order valence-corrected chi connectivity index (χ0v) is 12.1. The van der Waals surface area contributed by atoms with E-state index in [-0.39, 0.29) is 0 Å². The summed E-state index contributed by atoms with van der Waals surface area (Å²) in [5.41, 5.74) is 4.06. The van der Waals surface area contributed by atoms with E-state index in [1.54, 1.807) is 0 Å². The van der Waals surface area contributed by atoms with E-state index >= 15 is 0 Å². The molecule has 100 valence electrons. The van der Waals surface area contributed by atoms with Gasteiger partial charge < -0.3 is 0 Å². The van der Waals surface area contributed by atoms with Crippen molar-refractivity contribution in [2.24, 2.45) is 0 Å². The van der Waals surface area contributed by atoms with Crippen molar-refractivity contribution in [2.45, 2.75) is 26.3 Å². The summed E-state index contributed by atoms with van der Waals surface area (Å²) in [6.07, 6.45) is 2.21. The van der Waals surface area contributed by atoms with Gasteiger partial charge in [0.2, 0.25) is 5.52 Å². The lowest BCUT2D eigenvalue weighted by Gasteiger charge is -2.09. The highest BCUT2D eigenvalue weighted by Gasteiger charge is 2.14. The van der Waals surface area contributed by atoms with Crippen LogP contribution < -0.4 is 4.57 Å². The van der Waals surface area contributed by atoms with Crippen LogP contribution in [-0.2, 0) is 6.54 Å². The van der Waals surface area contributed by atoms with Gasteiger partial charge in [0.05, 0.1) is 0 Å². The lowest BCUT2D eigenvalue weighted by atomic mass is 9.99. The third kappa shape index (κ3) is 2.44. The van der Waals surface area contributed by atoms with Crippen LogP contribution in [0.1, 0.15) is 30.9 Å². The molecule has 0 aliphatic rings. The van der Waals surface area contributed by atoms with Crippen LogP contribution in [-0.4, -0.2) is 0 Å². The Labute approximate surface area is 120 Å². The SMILES string of the molecule is CC(C)c1cc[n+](Cc2ccccc2)c2ccccc12. The van der Waals surface area contributed by atoms with E-state index in [1.807, 2.05) is 0 Å². The smallest absolute Gasteiger partial charge is 0.194 e. The number of rotatable bonds is 3. The number of para-hydroxylation sites is 1. The molecule has 2 aromatic carbocycles. The van der Waals surface area contributed by atoms with Gasteiger partial charge in [-0.05, 0) is 17.5 Å². The van der Waals surface area contributed by atoms with Crippen molar-refractivity contribution in [3.63, 3.8) is 0 Å². The van der Waals surface area contributed by atoms with Crippen LogP contribution in [0.5, 0.6) is 0 Å². The van der Waals surface area contributed by atoms with E-state index in [4.69, 9.17) is 0 Å². The summed E-state index contributed by atoms with van der Waals surface area (Å²) in [5, 5.41) is 1.36. The van der Waals surface area contributed by atoms with Crippen LogP contribution in [0.4, 0.5) is 0 Å². The van der Waals surface area contributed by atoms with E-state index in [2.05, 4.69) is 85.3 Å². The normalized spacial score (nSPS) is 11.2. The van der Waals surface area contributed by atoms with Gasteiger partial charge in [-0.25, -0.2) is 0 Å². The largest absolute Gasteiger partial charge is 0.213 e. The minimum atomic E-state index is 0.547. The minimum Gasteiger partial charge on any atom is -0.194 e. The van der Waals surface area contributed by atoms with Crippen LogP contribution in [0.15, 0.2) is 66.9 Å². The average molecular weight is 262 g/mol. The molecule has 3 rings (SSSR count). The molecule has 1 heteroatoms. The van der Waals surface area contributed by atoms with Gasteiger partial charge in [0.1, 0.15) is 0 Å². The number of pyridine rings is 1. The van der Waals surface area contributed by atoms with E-state index in [0.717, 1.165) is 6.54 Å². The molecule has 0 atom stereocenters. The molecular formula is C19H20N+. The van der Waals surface area contributed by atoms with Gasteiger partial charge in [-0.2, -0.15) is 4.57 Å². The highest BCUT2D eigenvalue weighted by Crippen LogP contribution is 2.22. The fraction of sp³-hybridized carbons (Fsp3) is 0.211. The van der Waals surface area contributed by atoms with Crippen molar-refractivity contribution in [3.05, 3.63) is 78.0 Å². The summed E-state index contributed by atoms with van der Waals surface area (Å²) in [7, 11) is 0. The van der Waals surface area contributed by atoms with Crippen LogP contribution in [0.3, 0.4) is 0 Å². The molecule has 0 N–H and O–H groups in total. The highest BCUT2D eigenvalue weighted by molar-refractivity contribution is 5.79. The fourth-order valence-corrected chi connectivity index (χ4v) is 2.73. The van der Waals surface area contributed by atoms with Gasteiger partial charge in [-0.15, -0.1) is 0 Å². The summed E-state index contributed by atoms with van der Waals surface area (Å²) in [6.45, 7) is 5.42. The summed E-state index contributed by atoms with van der Waals surface area (Å²) < 4.78 is 2.33. The molecule has 0 aliphatic heterocycles. The Hall–Kier alpha value is -2.15. The molecule has 0 spiro atoms. The van der Waals surface area contributed by atoms with Gasteiger partial charge in [0.15, 0.2) is 12.7 Å². The molecule has 0 bridgehead atoms. The molecule has 1 nitrogen and oxygen atoms in total. The lowest BCUT2D eigenvalue weighted by molar-refractivity contribution is -0.662. The Bertz CT molecular complexity index is 714. The molecule has 0 amide bonds. The Balaban J connectivity index is 2.11. The summed E-state index contributed by atoms with van der Waals surface area (Å²) in [6, 6.07) is 21.6. The van der Waals surface area contributed by atoms with Crippen molar-refractivity contribution in [2.75, 3.05) is 0 Å². The van der Waals surface area contributed by atoms with Gasteiger partial charge in [0, 0.05) is 23.1 Å². The molecule has 3 aromatic rings. The molecule has 0 saturated carbocycles. The molecule has 1 heterocycles. The first-order valence-corrected chi connectivity index (χ1v) is 7.21. The van der Waals surface area contributed by atoms with E-state index in [9.17, 15) is 0 Å². The van der Waals surface area contributed by atoms with Crippen molar-refractivity contribution in [3.8, 4) is 0 Å². The Morgan fingerprint density at radius 2 is 1.55 bits per heavy atom. The molecule has 0 radical (unpaired) electrons. The van der Waals surface area contributed by atoms with Gasteiger partial charge in [-0.1, -0.05) is 56.3 Å². The van der Waals surface area contributed by atoms with Crippen LogP contribution >= 0.6 is 0 Å². The van der Waals surface area contributed by atoms with Crippen LogP contribution in [0.2, 0.25) is 0 Å². The maximum absolute atomic E-state index is 2.33. The second kappa shape index (κ2) is 5.46. The predicted octanol–water partition coefficient (Wildman–Crippen LogP) is 4.30. The third-order valence-electron chi connectivity index (χ3n) is 3.78. The molecule has 0 saturated heterocycles. The maximum atomic E-state index is 2.33. The van der Waals surface area contributed by atoms with Gasteiger partial charge in [0.25, 0.3) is 0 Å². The molecule has 0 fully saturated rings. The number of nitrogens with zero attached hydrogens (tertiary/aromatic N) is 1. The van der Waals surface area contributed by atoms with Gasteiger partial charge >= 0.3 is 0 Å². The average Bonchev–Trinajstić information content (AvgIpc) is 2.48. The molecule has 0 aliphatic carbocycles. The van der Waals surface area contributed by atoms with Crippen LogP contribution in [0.25, 0.3) is 10.9 Å². The number of aromatic nitrogens is 1. The predicted molar refractivity (Wildman–Crippen MR) is 83.8 cm³/mol. The number of hydrogen-bond donors (Lipinski definition) is 0. The molecule has 1 aromatic heterocycles. The number of hydrogen-bond acceptors (Lipinski definition) is 0. The fourth-order valence-electron chi connectivity index (χ4n) is 2.73. The first-order valence-electron chi connectivity index (χ1n) is 7.21. The maximum Gasteiger partial charge on any atom is 0.213 e. The zero-order chi connectivity index (χ0) is 13.9. The highest BCUT2D eigenvalue weighted by atomic mass is 14.9. The topological polar surface area (TPSA) is 3.88 Å². The van der Waals surface area contributed by atoms with E-state index in [1.165, 1.54) is 22.0 Å². The Morgan fingerprint density at radius 3 is 2.30 bits per heavy atom. The van der Waals surface area contributed by atoms with Crippen molar-refractivity contribution < 1.29 is 4.57 Å². The standard InChI is InChI=1S/C19H20N/c1-15(2)17-12-13-20(14-16-8-4-3-5-9-16)19-11-7-6-10-18(17)19/h3-13,15H,14H2,1-2H3/q+1. The third-order valence-corrected chi connectivity index (χ3v) is 3.78. The molecule has 20 heavy (non-hydrogen) atoms. The first kappa shape index (κ1) is 12.9. The number of benzene rings is 2. The second-order valence-corrected chi connectivity index (χ2v) is 5.56. The monoisotopic (exact) mass is 262 g/mol. The number of fused-ring (bicyclic) bond motifs is 1. The summed E-state index contributed by atoms with van der Waals surface area (Å²) in [4.78, 5) is 0. The molecule has 0 unspecified atom stereocenters. The second-order valence-electron chi connectivity index (χ2n) is 5.56. The van der Waals surface area contributed by atoms with Crippen molar-refractivity contribution >= 4 is 10.9 Å². The quantitative estimate of drug-likeness (QED) is 0.620. The molecular weight excluding hydrogens is 242 g/mol. The minimum absolute atomic E-state index is 0.547. The Kier molecular flexibility index (Phi) is 3.51. The zero-order valence-electron chi connectivity index (χ0n) is 12.1. The Morgan fingerprint density at radius 1 is 0.850 bits per heavy atom. The lowest BCUT2D eigenvalue weighted by Crippen LogP contribution is -2.35. The van der Waals surface area contributed by atoms with E-state index < -0.39 is 0 Å². The first-order chi connectivity index (χ1) is 9.75. The summed E-state index contributed by atoms with van der Waals surface area (Å²) in [5.74, 6) is 0.547. The van der Waals surface area contributed by atoms with Crippen LogP contribution in [0, 0.1) is 0 Å². The summed E-state index contributed by atoms with van der Waals surface area (Å²) >= 11 is 0. The van der Waals surface area contributed by atoms with E-state index in [0.29, 0.717) is 5.92 Å². The van der Waals surface area contributed by atoms with Crippen molar-refractivity contribution in [1.29, 1.82) is 0 Å². The van der Waals surface area contributed by atoms with Gasteiger partial charge in [-0.3, -0.25) is 0 Å². The van der Waals surface area contributed by atoms with Crippen molar-refractivity contribution in [1.82, 2.24) is 0 Å².